The second-order valence-corrected chi connectivity index (χ2v) is 24.3. The van der Waals surface area contributed by atoms with Crippen molar-refractivity contribution in [2.45, 2.75) is 235 Å². The zero-order valence-electron chi connectivity index (χ0n) is 44.5. The van der Waals surface area contributed by atoms with Gasteiger partial charge in [0.25, 0.3) is 0 Å². The van der Waals surface area contributed by atoms with E-state index in [9.17, 15) is 19.2 Å². The van der Waals surface area contributed by atoms with Gasteiger partial charge in [0.1, 0.15) is 17.3 Å². The number of unbranched alkanes of at least 4 members (excludes halogenated alkanes) is 1. The number of carbonyl (C=O) groups is 4. The van der Waals surface area contributed by atoms with E-state index in [1.165, 1.54) is 56.9 Å². The molecule has 380 valence electrons. The quantitative estimate of drug-likeness (QED) is 0.0399. The van der Waals surface area contributed by atoms with Gasteiger partial charge in [-0.3, -0.25) is 9.59 Å². The van der Waals surface area contributed by atoms with Crippen LogP contribution in [-0.2, 0) is 23.8 Å². The Bertz CT molecular complexity index is 1600. The van der Waals surface area contributed by atoms with E-state index in [2.05, 4.69) is 63.6 Å². The van der Waals surface area contributed by atoms with E-state index in [1.807, 2.05) is 60.3 Å². The summed E-state index contributed by atoms with van der Waals surface area (Å²) in [7, 11) is 0. The molecule has 4 rings (SSSR count). The SMILES string of the molecule is CC[C@H](CC[C@@H](C)[C@H]1CC[C@H]2[C@@H]3CC=C4C[C@@H](OC(=O)CCC(=O)N(CCCCNCCC(C)NC(=O)OC(C)(C)C)CCC(C)NC(=O)OC(C)(C)C)CC[C@]4(C)[C@H]3CC[C@]12C)C(C)C. The normalized spacial score (nSPS) is 28.1. The molecule has 0 spiro atoms. The lowest BCUT2D eigenvalue weighted by Gasteiger charge is -2.58. The Labute approximate surface area is 402 Å². The van der Waals surface area contributed by atoms with Crippen LogP contribution in [0.3, 0.4) is 0 Å². The molecule has 0 aliphatic heterocycles. The van der Waals surface area contributed by atoms with Gasteiger partial charge in [0, 0.05) is 38.0 Å². The monoisotopic (exact) mass is 927 g/mol. The maximum Gasteiger partial charge on any atom is 0.407 e. The third kappa shape index (κ3) is 16.4. The summed E-state index contributed by atoms with van der Waals surface area (Å²) in [6.07, 6.45) is 18.1. The van der Waals surface area contributed by atoms with Gasteiger partial charge in [-0.15, -0.1) is 0 Å². The predicted octanol–water partition coefficient (Wildman–Crippen LogP) is 12.2. The molecule has 0 aromatic carbocycles. The highest BCUT2D eigenvalue weighted by Gasteiger charge is 2.59. The number of nitrogens with one attached hydrogen (secondary N) is 3. The Balaban J connectivity index is 1.26. The van der Waals surface area contributed by atoms with Crippen molar-refractivity contribution in [1.82, 2.24) is 20.9 Å². The molecule has 66 heavy (non-hydrogen) atoms. The van der Waals surface area contributed by atoms with E-state index in [0.29, 0.717) is 30.8 Å². The van der Waals surface area contributed by atoms with Gasteiger partial charge in [-0.05, 0) is 198 Å². The molecule has 4 aliphatic carbocycles. The lowest BCUT2D eigenvalue weighted by atomic mass is 9.47. The molecule has 11 heteroatoms. The van der Waals surface area contributed by atoms with E-state index < -0.39 is 23.4 Å². The van der Waals surface area contributed by atoms with Crippen LogP contribution in [-0.4, -0.2) is 84.5 Å². The first-order valence-electron chi connectivity index (χ1n) is 26.7. The molecule has 3 N–H and O–H groups in total. The van der Waals surface area contributed by atoms with E-state index in [0.717, 1.165) is 87.1 Å². The fraction of sp³-hybridized carbons (Fsp3) is 0.891. The van der Waals surface area contributed by atoms with Gasteiger partial charge in [0.15, 0.2) is 0 Å². The van der Waals surface area contributed by atoms with Crippen LogP contribution in [0.2, 0.25) is 0 Å². The topological polar surface area (TPSA) is 135 Å². The first-order chi connectivity index (χ1) is 30.8. The van der Waals surface area contributed by atoms with Crippen molar-refractivity contribution < 1.29 is 33.4 Å². The van der Waals surface area contributed by atoms with Gasteiger partial charge in [-0.25, -0.2) is 9.59 Å². The number of esters is 1. The predicted molar refractivity (Wildman–Crippen MR) is 267 cm³/mol. The molecule has 3 saturated carbocycles. The highest BCUT2D eigenvalue weighted by atomic mass is 16.6. The van der Waals surface area contributed by atoms with Crippen LogP contribution in [0, 0.1) is 52.3 Å². The highest BCUT2D eigenvalue weighted by molar-refractivity contribution is 5.81. The minimum atomic E-state index is -0.601. The lowest BCUT2D eigenvalue weighted by molar-refractivity contribution is -0.153. The lowest BCUT2D eigenvalue weighted by Crippen LogP contribution is -2.51. The summed E-state index contributed by atoms with van der Waals surface area (Å²) in [5.41, 5.74) is 1.01. The number of ether oxygens (including phenoxy) is 3. The molecule has 4 aliphatic rings. The molecule has 0 bridgehead atoms. The van der Waals surface area contributed by atoms with E-state index in [-0.39, 0.29) is 48.3 Å². The molecule has 0 aromatic heterocycles. The zero-order chi connectivity index (χ0) is 49.0. The molecule has 11 nitrogen and oxygen atoms in total. The largest absolute Gasteiger partial charge is 0.462 e. The van der Waals surface area contributed by atoms with Gasteiger partial charge in [-0.1, -0.05) is 66.0 Å². The average Bonchev–Trinajstić information content (AvgIpc) is 3.56. The minimum Gasteiger partial charge on any atom is -0.462 e. The first kappa shape index (κ1) is 55.8. The van der Waals surface area contributed by atoms with Crippen LogP contribution < -0.4 is 16.0 Å². The smallest absolute Gasteiger partial charge is 0.407 e. The van der Waals surface area contributed by atoms with Gasteiger partial charge < -0.3 is 35.1 Å². The van der Waals surface area contributed by atoms with Crippen LogP contribution in [0.15, 0.2) is 11.6 Å². The molecule has 2 unspecified atom stereocenters. The Morgan fingerprint density at radius 2 is 1.41 bits per heavy atom. The van der Waals surface area contributed by atoms with Crippen molar-refractivity contribution in [3.63, 3.8) is 0 Å². The van der Waals surface area contributed by atoms with Crippen molar-refractivity contribution >= 4 is 24.1 Å². The van der Waals surface area contributed by atoms with Crippen LogP contribution in [0.4, 0.5) is 9.59 Å². The number of hydrogen-bond acceptors (Lipinski definition) is 8. The summed E-state index contributed by atoms with van der Waals surface area (Å²) in [5.74, 6) is 5.19. The van der Waals surface area contributed by atoms with Crippen molar-refractivity contribution in [2.24, 2.45) is 52.3 Å². The van der Waals surface area contributed by atoms with Crippen molar-refractivity contribution in [2.75, 3.05) is 26.2 Å². The number of fused-ring (bicyclic) bond motifs is 5. The third-order valence-electron chi connectivity index (χ3n) is 16.6. The first-order valence-corrected chi connectivity index (χ1v) is 26.7. The highest BCUT2D eigenvalue weighted by Crippen LogP contribution is 2.67. The van der Waals surface area contributed by atoms with Gasteiger partial charge in [0.2, 0.25) is 5.91 Å². The zero-order valence-corrected chi connectivity index (χ0v) is 44.5. The molecule has 0 heterocycles. The molecule has 0 saturated heterocycles. The molecule has 3 fully saturated rings. The van der Waals surface area contributed by atoms with Gasteiger partial charge in [0.05, 0.1) is 6.42 Å². The number of rotatable bonds is 23. The maximum atomic E-state index is 13.7. The Kier molecular flexibility index (Phi) is 20.8. The van der Waals surface area contributed by atoms with Crippen LogP contribution in [0.1, 0.15) is 206 Å². The van der Waals surface area contributed by atoms with E-state index in [1.54, 1.807) is 0 Å². The Morgan fingerprint density at radius 3 is 2.03 bits per heavy atom. The molecule has 3 amide bonds. The molecule has 0 radical (unpaired) electrons. The summed E-state index contributed by atoms with van der Waals surface area (Å²) in [4.78, 5) is 53.5. The summed E-state index contributed by atoms with van der Waals surface area (Å²) in [6, 6.07) is -0.227. The van der Waals surface area contributed by atoms with Crippen LogP contribution in [0.5, 0.6) is 0 Å². The fourth-order valence-electron chi connectivity index (χ4n) is 12.9. The molecular weight excluding hydrogens is 829 g/mol. The second-order valence-electron chi connectivity index (χ2n) is 24.3. The summed E-state index contributed by atoms with van der Waals surface area (Å²) < 4.78 is 17.0. The average molecular weight is 927 g/mol. The number of hydrogen-bond donors (Lipinski definition) is 3. The Hall–Kier alpha value is -2.82. The van der Waals surface area contributed by atoms with E-state index in [4.69, 9.17) is 14.2 Å². The molecule has 0 aromatic rings. The van der Waals surface area contributed by atoms with Crippen LogP contribution in [0.25, 0.3) is 0 Å². The number of alkyl carbamates (subject to hydrolysis) is 2. The van der Waals surface area contributed by atoms with Gasteiger partial charge in [-0.2, -0.15) is 0 Å². The van der Waals surface area contributed by atoms with Gasteiger partial charge >= 0.3 is 18.2 Å². The fourth-order valence-corrected chi connectivity index (χ4v) is 12.9. The summed E-state index contributed by atoms with van der Waals surface area (Å²) in [6.45, 7) is 32.4. The third-order valence-corrected chi connectivity index (χ3v) is 16.6. The standard InChI is InChI=1S/C55H98N4O7/c1-15-41(37(2)3)19-18-38(4)45-22-23-46-44-21-20-42-36-43(26-30-54(42,13)47(44)27-31-55(45,46)14)64-49(61)25-24-48(60)59(35-29-40(6)58-51(63)66-53(10,11)12)34-17-16-32-56-33-28-39(5)57-50(62)65-52(7,8)9/h20,37-41,43-47,56H,15-19,21-36H2,1-14H3,(H,57,62)(H,58,63)/t38-,39?,40?,41-,43+,44+,45-,46+,47+,54+,55-/m1/s1. The van der Waals surface area contributed by atoms with Crippen molar-refractivity contribution in [3.8, 4) is 0 Å². The number of nitrogens with zero attached hydrogens (tertiary/aromatic N) is 1. The molecule has 11 atom stereocenters. The number of carbonyl (C=O) groups excluding carboxylic acids is 4. The maximum absolute atomic E-state index is 13.7. The number of allylic oxidation sites excluding steroid dienone is 1. The van der Waals surface area contributed by atoms with E-state index >= 15 is 0 Å². The summed E-state index contributed by atoms with van der Waals surface area (Å²) in [5, 5.41) is 9.22. The Morgan fingerprint density at radius 1 is 0.758 bits per heavy atom. The number of amides is 3. The van der Waals surface area contributed by atoms with Crippen LogP contribution >= 0.6 is 0 Å². The van der Waals surface area contributed by atoms with Crippen molar-refractivity contribution in [3.05, 3.63) is 11.6 Å². The summed E-state index contributed by atoms with van der Waals surface area (Å²) >= 11 is 0. The minimum absolute atomic E-state index is 0.0280. The second kappa shape index (κ2) is 24.6. The van der Waals surface area contributed by atoms with Crippen molar-refractivity contribution in [1.29, 1.82) is 0 Å². The molecular formula is C55H98N4O7.